The van der Waals surface area contributed by atoms with Crippen molar-refractivity contribution in [2.75, 3.05) is 5.32 Å². The van der Waals surface area contributed by atoms with Crippen LogP contribution < -0.4 is 11.1 Å². The Morgan fingerprint density at radius 2 is 1.94 bits per heavy atom. The number of nitrogens with zero attached hydrogens (tertiary/aromatic N) is 1. The Hall–Kier alpha value is -3.37. The second-order valence-corrected chi connectivity index (χ2v) is 8.81. The highest BCUT2D eigenvalue weighted by atomic mass is 79.9. The third kappa shape index (κ3) is 2.55. The third-order valence-corrected chi connectivity index (χ3v) is 7.35. The minimum atomic E-state index is -1.62. The lowest BCUT2D eigenvalue weighted by Gasteiger charge is -2.39. The van der Waals surface area contributed by atoms with Crippen LogP contribution in [0.4, 0.5) is 5.69 Å². The molecule has 154 valence electrons. The van der Waals surface area contributed by atoms with Crippen LogP contribution in [-0.4, -0.2) is 11.7 Å². The summed E-state index contributed by atoms with van der Waals surface area (Å²) in [5.41, 5.74) is 7.71. The average Bonchev–Trinajstić information content (AvgIpc) is 3.04. The number of anilines is 1. The van der Waals surface area contributed by atoms with E-state index in [0.29, 0.717) is 27.9 Å². The summed E-state index contributed by atoms with van der Waals surface area (Å²) in [7, 11) is 0. The van der Waals surface area contributed by atoms with Gasteiger partial charge in [-0.2, -0.15) is 5.26 Å². The number of rotatable bonds is 1. The van der Waals surface area contributed by atoms with Gasteiger partial charge < -0.3 is 15.8 Å². The molecule has 3 N–H and O–H groups in total. The van der Waals surface area contributed by atoms with E-state index in [1.807, 2.05) is 43.3 Å². The number of carbonyl (C=O) groups excluding carboxylic acids is 2. The summed E-state index contributed by atoms with van der Waals surface area (Å²) in [6, 6.07) is 15.4. The lowest BCUT2D eigenvalue weighted by atomic mass is 9.63. The van der Waals surface area contributed by atoms with E-state index in [1.54, 1.807) is 6.07 Å². The van der Waals surface area contributed by atoms with E-state index in [0.717, 1.165) is 11.1 Å². The van der Waals surface area contributed by atoms with Crippen LogP contribution in [0.25, 0.3) is 0 Å². The Morgan fingerprint density at radius 3 is 2.65 bits per heavy atom. The number of ketones is 1. The molecule has 7 heteroatoms. The molecule has 0 saturated heterocycles. The Bertz CT molecular complexity index is 1270. The van der Waals surface area contributed by atoms with Crippen LogP contribution in [0.3, 0.4) is 0 Å². The summed E-state index contributed by atoms with van der Waals surface area (Å²) in [6.07, 6.45) is 0.636. The van der Waals surface area contributed by atoms with Crippen molar-refractivity contribution in [2.24, 2.45) is 5.73 Å². The molecule has 2 aliphatic heterocycles. The number of hydrogen-bond acceptors (Lipinski definition) is 5. The van der Waals surface area contributed by atoms with E-state index in [1.165, 1.54) is 0 Å². The van der Waals surface area contributed by atoms with Crippen molar-refractivity contribution < 1.29 is 14.3 Å². The summed E-state index contributed by atoms with van der Waals surface area (Å²) in [4.78, 5) is 27.1. The summed E-state index contributed by atoms with van der Waals surface area (Å²) in [6.45, 7) is 1.89. The summed E-state index contributed by atoms with van der Waals surface area (Å²) < 4.78 is 6.50. The quantitative estimate of drug-likeness (QED) is 0.646. The molecular weight excluding hydrogens is 458 g/mol. The van der Waals surface area contributed by atoms with Gasteiger partial charge in [-0.25, -0.2) is 0 Å². The molecule has 2 aromatic rings. The maximum absolute atomic E-state index is 13.6. The number of amides is 1. The van der Waals surface area contributed by atoms with Crippen molar-refractivity contribution in [2.45, 2.75) is 31.1 Å². The highest BCUT2D eigenvalue weighted by Gasteiger charge is 2.61. The third-order valence-electron chi connectivity index (χ3n) is 6.33. The first-order valence-corrected chi connectivity index (χ1v) is 10.7. The Morgan fingerprint density at radius 1 is 1.19 bits per heavy atom. The molecule has 0 radical (unpaired) electrons. The number of nitrogens with two attached hydrogens (primary N) is 1. The number of nitriles is 1. The lowest BCUT2D eigenvalue weighted by Crippen LogP contribution is -2.47. The van der Waals surface area contributed by atoms with Crippen LogP contribution >= 0.6 is 15.9 Å². The van der Waals surface area contributed by atoms with Gasteiger partial charge in [-0.05, 0) is 30.0 Å². The van der Waals surface area contributed by atoms with Crippen LogP contribution in [0.1, 0.15) is 35.4 Å². The molecule has 0 fully saturated rings. The van der Waals surface area contributed by atoms with Gasteiger partial charge in [-0.3, -0.25) is 9.59 Å². The van der Waals surface area contributed by atoms with Gasteiger partial charge in [0.05, 0.1) is 5.57 Å². The zero-order valence-corrected chi connectivity index (χ0v) is 18.2. The Kier molecular flexibility index (Phi) is 4.31. The number of carbonyl (C=O) groups is 2. The van der Waals surface area contributed by atoms with Gasteiger partial charge in [0, 0.05) is 28.6 Å². The smallest absolute Gasteiger partial charge is 0.245 e. The second kappa shape index (κ2) is 6.82. The van der Waals surface area contributed by atoms with Gasteiger partial charge in [-0.1, -0.05) is 52.3 Å². The van der Waals surface area contributed by atoms with Crippen LogP contribution in [0.15, 0.2) is 69.7 Å². The molecule has 2 atom stereocenters. The van der Waals surface area contributed by atoms with Crippen LogP contribution in [0.2, 0.25) is 0 Å². The minimum Gasteiger partial charge on any atom is -0.444 e. The van der Waals surface area contributed by atoms with Crippen molar-refractivity contribution >= 4 is 33.3 Å². The highest BCUT2D eigenvalue weighted by molar-refractivity contribution is 9.10. The zero-order valence-electron chi connectivity index (χ0n) is 16.7. The molecule has 0 saturated carbocycles. The molecular formula is C24H18BrN3O3. The summed E-state index contributed by atoms with van der Waals surface area (Å²) >= 11 is 3.59. The van der Waals surface area contributed by atoms with Gasteiger partial charge in [0.15, 0.2) is 5.78 Å². The monoisotopic (exact) mass is 475 g/mol. The molecule has 3 aliphatic rings. The van der Waals surface area contributed by atoms with Gasteiger partial charge in [0.2, 0.25) is 11.8 Å². The molecule has 0 unspecified atom stereocenters. The molecule has 5 rings (SSSR count). The SMILES string of the molecule is Cc1ccc2c(c1Br)[C@]1(C(=O)N2)C(C#N)=C(N)OC2=C1C(=O)C[C@@H](c1ccccc1)C2. The number of hydrogen-bond donors (Lipinski definition) is 2. The molecule has 31 heavy (non-hydrogen) atoms. The molecule has 2 heterocycles. The standard InChI is InChI=1S/C24H18BrN3O3/c1-12-7-8-16-19(21(12)25)24(23(30)28-16)15(11-26)22(27)31-18-10-14(9-17(29)20(18)24)13-5-3-2-4-6-13/h2-8,14H,9-10,27H2,1H3,(H,28,30)/t14-,24-/m1/s1. The molecule has 1 spiro atoms. The van der Waals surface area contributed by atoms with Gasteiger partial charge in [0.1, 0.15) is 22.8 Å². The van der Waals surface area contributed by atoms with Crippen LogP contribution in [0, 0.1) is 18.3 Å². The first-order chi connectivity index (χ1) is 14.9. The number of nitrogens with one attached hydrogen (secondary N) is 1. The number of Topliss-reactive ketones (excluding diaryl/α,β-unsaturated/α-hetero) is 1. The van der Waals surface area contributed by atoms with Gasteiger partial charge in [-0.15, -0.1) is 0 Å². The van der Waals surface area contributed by atoms with Crippen molar-refractivity contribution in [1.82, 2.24) is 0 Å². The average molecular weight is 476 g/mol. The van der Waals surface area contributed by atoms with E-state index < -0.39 is 11.3 Å². The fourth-order valence-corrected chi connectivity index (χ4v) is 5.58. The molecule has 1 aliphatic carbocycles. The predicted octanol–water partition coefficient (Wildman–Crippen LogP) is 4.07. The van der Waals surface area contributed by atoms with Crippen molar-refractivity contribution in [3.8, 4) is 6.07 Å². The van der Waals surface area contributed by atoms with Gasteiger partial charge in [0.25, 0.3) is 0 Å². The molecule has 2 aromatic carbocycles. The zero-order chi connectivity index (χ0) is 21.9. The lowest BCUT2D eigenvalue weighted by molar-refractivity contribution is -0.123. The van der Waals surface area contributed by atoms with Crippen LogP contribution in [-0.2, 0) is 19.7 Å². The largest absolute Gasteiger partial charge is 0.444 e. The Labute approximate surface area is 187 Å². The number of aryl methyl sites for hydroxylation is 1. The second-order valence-electron chi connectivity index (χ2n) is 8.01. The van der Waals surface area contributed by atoms with E-state index >= 15 is 0 Å². The number of fused-ring (bicyclic) bond motifs is 3. The topological polar surface area (TPSA) is 105 Å². The van der Waals surface area contributed by atoms with E-state index in [-0.39, 0.29) is 35.2 Å². The summed E-state index contributed by atoms with van der Waals surface area (Å²) in [5.74, 6) is -0.551. The van der Waals surface area contributed by atoms with E-state index in [9.17, 15) is 14.9 Å². The van der Waals surface area contributed by atoms with Crippen molar-refractivity contribution in [3.63, 3.8) is 0 Å². The molecule has 0 bridgehead atoms. The fourth-order valence-electron chi connectivity index (χ4n) is 4.94. The maximum atomic E-state index is 13.6. The van der Waals surface area contributed by atoms with Crippen molar-refractivity contribution in [1.29, 1.82) is 5.26 Å². The normalized spacial score (nSPS) is 24.5. The van der Waals surface area contributed by atoms with Crippen molar-refractivity contribution in [3.05, 3.63) is 86.4 Å². The number of halogens is 1. The van der Waals surface area contributed by atoms with E-state index in [2.05, 4.69) is 27.3 Å². The predicted molar refractivity (Wildman–Crippen MR) is 118 cm³/mol. The van der Waals surface area contributed by atoms with Gasteiger partial charge >= 0.3 is 0 Å². The minimum absolute atomic E-state index is 0.0553. The fraction of sp³-hybridized carbons (Fsp3) is 0.208. The number of ether oxygens (including phenoxy) is 1. The number of allylic oxidation sites excluding steroid dienone is 1. The molecule has 1 amide bonds. The first kappa shape index (κ1) is 19.6. The first-order valence-electron chi connectivity index (χ1n) is 9.90. The highest BCUT2D eigenvalue weighted by Crippen LogP contribution is 2.57. The summed E-state index contributed by atoms with van der Waals surface area (Å²) in [5, 5.41) is 12.9. The maximum Gasteiger partial charge on any atom is 0.245 e. The molecule has 6 nitrogen and oxygen atoms in total. The Balaban J connectivity index is 1.78. The van der Waals surface area contributed by atoms with E-state index in [4.69, 9.17) is 10.5 Å². The molecule has 0 aromatic heterocycles. The number of benzene rings is 2. The van der Waals surface area contributed by atoms with Crippen LogP contribution in [0.5, 0.6) is 0 Å².